The van der Waals surface area contributed by atoms with Crippen molar-refractivity contribution < 1.29 is 43.0 Å². The molecule has 12 nitrogen and oxygen atoms in total. The summed E-state index contributed by atoms with van der Waals surface area (Å²) in [7, 11) is 4.36. The lowest BCUT2D eigenvalue weighted by Gasteiger charge is -2.37. The number of ether oxygens (including phenoxy) is 3. The molecule has 3 amide bonds. The third-order valence-electron chi connectivity index (χ3n) is 11.5. The first-order chi connectivity index (χ1) is 28.1. The van der Waals surface area contributed by atoms with Crippen LogP contribution in [0.4, 0.5) is 0 Å². The summed E-state index contributed by atoms with van der Waals surface area (Å²) in [6.07, 6.45) is -3.07. The van der Waals surface area contributed by atoms with Crippen LogP contribution in [0.2, 0.25) is 0 Å². The molecular formula is C47H61N3O9. The van der Waals surface area contributed by atoms with Crippen molar-refractivity contribution in [2.75, 3.05) is 21.1 Å². The van der Waals surface area contributed by atoms with E-state index in [0.29, 0.717) is 12.8 Å². The predicted octanol–water partition coefficient (Wildman–Crippen LogP) is 5.69. The lowest BCUT2D eigenvalue weighted by atomic mass is 9.97. The Bertz CT molecular complexity index is 1830. The zero-order valence-corrected chi connectivity index (χ0v) is 35.9. The van der Waals surface area contributed by atoms with Crippen LogP contribution >= 0.6 is 0 Å². The SMILES string of the molecule is CCC(C)[C@@H]1OC(=O)[C@@H](Cc2ccccc2)N(C)C(=O)[C@@H](C(C)CC)OC(=O)C(Cc2ccccc2)N(C)C(=O)[C@@H](C(C)C)OC(=O)[C@@H](Cc2ccccc2)N(C)C1=O. The highest BCUT2D eigenvalue weighted by atomic mass is 16.6. The number of carbonyl (C=O) groups is 6. The average Bonchev–Trinajstić information content (AvgIpc) is 3.25. The summed E-state index contributed by atoms with van der Waals surface area (Å²) >= 11 is 0. The number of likely N-dealkylation sites (N-methyl/N-ethyl adjacent to an activating group) is 3. The lowest BCUT2D eigenvalue weighted by molar-refractivity contribution is -0.180. The summed E-state index contributed by atoms with van der Waals surface area (Å²) in [5.74, 6) is -5.99. The topological polar surface area (TPSA) is 140 Å². The van der Waals surface area contributed by atoms with Gasteiger partial charge in [-0.3, -0.25) is 14.4 Å². The van der Waals surface area contributed by atoms with Gasteiger partial charge in [-0.25, -0.2) is 14.4 Å². The second-order valence-electron chi connectivity index (χ2n) is 16.1. The van der Waals surface area contributed by atoms with E-state index in [1.54, 1.807) is 27.7 Å². The number of amides is 3. The molecule has 3 aromatic rings. The van der Waals surface area contributed by atoms with Crippen LogP contribution < -0.4 is 0 Å². The molecule has 1 fully saturated rings. The van der Waals surface area contributed by atoms with Crippen molar-refractivity contribution in [2.24, 2.45) is 17.8 Å². The Labute approximate surface area is 349 Å². The molecule has 0 spiro atoms. The number of carbonyl (C=O) groups excluding carboxylic acids is 6. The van der Waals surface area contributed by atoms with Crippen molar-refractivity contribution in [3.8, 4) is 0 Å². The van der Waals surface area contributed by atoms with Crippen LogP contribution in [0.1, 0.15) is 71.1 Å². The van der Waals surface area contributed by atoms with Gasteiger partial charge in [-0.1, -0.05) is 133 Å². The molecule has 0 bridgehead atoms. The maximum Gasteiger partial charge on any atom is 0.329 e. The first kappa shape index (κ1) is 46.2. The molecule has 3 unspecified atom stereocenters. The van der Waals surface area contributed by atoms with Crippen LogP contribution in [0.3, 0.4) is 0 Å². The third-order valence-corrected chi connectivity index (χ3v) is 11.5. The van der Waals surface area contributed by atoms with Gasteiger partial charge in [-0.15, -0.1) is 0 Å². The molecular weight excluding hydrogens is 751 g/mol. The minimum absolute atomic E-state index is 0.0335. The van der Waals surface area contributed by atoms with Crippen molar-refractivity contribution >= 4 is 35.6 Å². The first-order valence-electron chi connectivity index (χ1n) is 20.6. The van der Waals surface area contributed by atoms with Gasteiger partial charge in [0, 0.05) is 52.2 Å². The summed E-state index contributed by atoms with van der Waals surface area (Å²) in [6, 6.07) is 23.6. The van der Waals surface area contributed by atoms with E-state index in [1.165, 1.54) is 35.8 Å². The molecule has 0 N–H and O–H groups in total. The minimum atomic E-state index is -1.36. The number of rotatable bonds is 11. The molecule has 3 aromatic carbocycles. The number of esters is 3. The van der Waals surface area contributed by atoms with E-state index >= 15 is 0 Å². The first-order valence-corrected chi connectivity index (χ1v) is 20.6. The summed E-state index contributed by atoms with van der Waals surface area (Å²) in [5.41, 5.74) is 2.18. The van der Waals surface area contributed by atoms with Gasteiger partial charge in [0.15, 0.2) is 18.3 Å². The van der Waals surface area contributed by atoms with Crippen LogP contribution in [0.5, 0.6) is 0 Å². The van der Waals surface area contributed by atoms with E-state index < -0.39 is 89.8 Å². The van der Waals surface area contributed by atoms with E-state index in [1.807, 2.05) is 105 Å². The maximum absolute atomic E-state index is 14.7. The molecule has 8 atom stereocenters. The van der Waals surface area contributed by atoms with Crippen molar-refractivity contribution in [1.82, 2.24) is 14.7 Å². The van der Waals surface area contributed by atoms with E-state index in [9.17, 15) is 28.8 Å². The highest BCUT2D eigenvalue weighted by Gasteiger charge is 2.44. The fourth-order valence-corrected chi connectivity index (χ4v) is 7.04. The Balaban J connectivity index is 1.91. The second-order valence-corrected chi connectivity index (χ2v) is 16.1. The summed E-state index contributed by atoms with van der Waals surface area (Å²) in [6.45, 7) is 10.7. The lowest BCUT2D eigenvalue weighted by Crippen LogP contribution is -2.57. The quantitative estimate of drug-likeness (QED) is 0.177. The number of benzene rings is 3. The summed E-state index contributed by atoms with van der Waals surface area (Å²) < 4.78 is 18.3. The van der Waals surface area contributed by atoms with Crippen LogP contribution in [0.25, 0.3) is 0 Å². The van der Waals surface area contributed by atoms with Gasteiger partial charge in [0.25, 0.3) is 17.7 Å². The predicted molar refractivity (Wildman–Crippen MR) is 223 cm³/mol. The Kier molecular flexibility index (Phi) is 16.8. The monoisotopic (exact) mass is 811 g/mol. The molecule has 59 heavy (non-hydrogen) atoms. The Morgan fingerprint density at radius 2 is 0.695 bits per heavy atom. The van der Waals surface area contributed by atoms with E-state index in [0.717, 1.165) is 16.7 Å². The Morgan fingerprint density at radius 1 is 0.441 bits per heavy atom. The normalized spacial score (nSPS) is 24.2. The Morgan fingerprint density at radius 3 is 0.949 bits per heavy atom. The van der Waals surface area contributed by atoms with Crippen molar-refractivity contribution in [1.29, 1.82) is 0 Å². The van der Waals surface area contributed by atoms with Crippen molar-refractivity contribution in [3.63, 3.8) is 0 Å². The number of nitrogens with zero attached hydrogens (tertiary/aromatic N) is 3. The molecule has 1 heterocycles. The van der Waals surface area contributed by atoms with Crippen LogP contribution in [-0.4, -0.2) is 108 Å². The smallest absolute Gasteiger partial charge is 0.329 e. The highest BCUT2D eigenvalue weighted by molar-refractivity contribution is 5.94. The number of cyclic esters (lactones) is 3. The highest BCUT2D eigenvalue weighted by Crippen LogP contribution is 2.25. The Hall–Kier alpha value is -5.52. The zero-order valence-electron chi connectivity index (χ0n) is 35.9. The molecule has 0 aliphatic carbocycles. The molecule has 1 aliphatic rings. The molecule has 1 saturated heterocycles. The average molecular weight is 812 g/mol. The molecule has 0 aromatic heterocycles. The largest absolute Gasteiger partial charge is 0.450 e. The van der Waals surface area contributed by atoms with Crippen molar-refractivity contribution in [3.05, 3.63) is 108 Å². The van der Waals surface area contributed by atoms with Gasteiger partial charge in [0.1, 0.15) is 18.1 Å². The second kappa shape index (κ2) is 21.5. The molecule has 12 heteroatoms. The standard InChI is InChI=1S/C47H61N3O9/c1-10-31(5)40-43(52)49(8)36(27-33-21-15-12-16-22-33)45(54)57-39(30(3)4)42(51)48(7)37(28-34-23-17-13-18-24-34)46(55)58-41(32(6)11-2)44(53)50(9)38(47(56)59-40)29-35-25-19-14-20-26-35/h12-26,30-32,36-41H,10-11,27-29H2,1-9H3/t31?,32?,36-,37?,38-,39-,40+,41-/m1/s1. The van der Waals surface area contributed by atoms with Gasteiger partial charge in [-0.05, 0) is 35.4 Å². The fourth-order valence-electron chi connectivity index (χ4n) is 7.04. The minimum Gasteiger partial charge on any atom is -0.450 e. The number of hydrogen-bond donors (Lipinski definition) is 0. The summed E-state index contributed by atoms with van der Waals surface area (Å²) in [4.78, 5) is 90.9. The van der Waals surface area contributed by atoms with Crippen LogP contribution in [0, 0.1) is 17.8 Å². The molecule has 4 rings (SSSR count). The van der Waals surface area contributed by atoms with Gasteiger partial charge in [-0.2, -0.15) is 0 Å². The van der Waals surface area contributed by atoms with Gasteiger partial charge >= 0.3 is 17.9 Å². The van der Waals surface area contributed by atoms with E-state index in [4.69, 9.17) is 14.2 Å². The van der Waals surface area contributed by atoms with Gasteiger partial charge in [0.05, 0.1) is 0 Å². The van der Waals surface area contributed by atoms with Gasteiger partial charge in [0.2, 0.25) is 0 Å². The molecule has 0 radical (unpaired) electrons. The van der Waals surface area contributed by atoms with Crippen LogP contribution in [0.15, 0.2) is 91.0 Å². The molecule has 0 saturated carbocycles. The van der Waals surface area contributed by atoms with Crippen LogP contribution in [-0.2, 0) is 62.2 Å². The van der Waals surface area contributed by atoms with Crippen molar-refractivity contribution in [2.45, 2.75) is 110 Å². The number of hydrogen-bond acceptors (Lipinski definition) is 9. The van der Waals surface area contributed by atoms with E-state index in [-0.39, 0.29) is 19.3 Å². The van der Waals surface area contributed by atoms with E-state index in [2.05, 4.69) is 0 Å². The maximum atomic E-state index is 14.7. The fraction of sp³-hybridized carbons (Fsp3) is 0.489. The third kappa shape index (κ3) is 11.8. The molecule has 318 valence electrons. The summed E-state index contributed by atoms with van der Waals surface area (Å²) in [5, 5.41) is 0. The molecule has 1 aliphatic heterocycles. The van der Waals surface area contributed by atoms with Gasteiger partial charge < -0.3 is 28.9 Å². The zero-order chi connectivity index (χ0) is 43.4.